The van der Waals surface area contributed by atoms with Crippen molar-refractivity contribution in [2.24, 2.45) is 5.92 Å². The van der Waals surface area contributed by atoms with Gasteiger partial charge in [-0.1, -0.05) is 13.8 Å². The molecule has 5 heteroatoms. The molecule has 0 saturated heterocycles. The maximum Gasteiger partial charge on any atom is 0.139 e. The molecule has 0 aliphatic heterocycles. The summed E-state index contributed by atoms with van der Waals surface area (Å²) in [6, 6.07) is 4.75. The van der Waals surface area contributed by atoms with Gasteiger partial charge in [0.2, 0.25) is 0 Å². The minimum atomic E-state index is -0.601. The van der Waals surface area contributed by atoms with Crippen LogP contribution in [-0.2, 0) is 4.74 Å². The maximum absolute atomic E-state index is 13.2. The standard InChI is InChI=1S/C13H19BrFNO2/c1-9(2)7-18-8-11(17)6-16-10-3-4-12(14)13(15)5-10/h3-5,9,11,16-17H,6-8H2,1-2H3. The molecule has 1 rings (SSSR count). The summed E-state index contributed by atoms with van der Waals surface area (Å²) in [5.74, 6) is 0.122. The van der Waals surface area contributed by atoms with Gasteiger partial charge in [0.15, 0.2) is 0 Å². The molecular weight excluding hydrogens is 301 g/mol. The van der Waals surface area contributed by atoms with Gasteiger partial charge in [0.25, 0.3) is 0 Å². The Labute approximate surface area is 115 Å². The Morgan fingerprint density at radius 1 is 1.39 bits per heavy atom. The van der Waals surface area contributed by atoms with Crippen LogP contribution in [0.25, 0.3) is 0 Å². The Kier molecular flexibility index (Phi) is 6.60. The molecule has 1 atom stereocenters. The Balaban J connectivity index is 2.29. The topological polar surface area (TPSA) is 41.5 Å². The van der Waals surface area contributed by atoms with Gasteiger partial charge in [-0.25, -0.2) is 4.39 Å². The predicted molar refractivity (Wildman–Crippen MR) is 74.3 cm³/mol. The lowest BCUT2D eigenvalue weighted by molar-refractivity contribution is 0.0318. The highest BCUT2D eigenvalue weighted by molar-refractivity contribution is 9.10. The van der Waals surface area contributed by atoms with Gasteiger partial charge in [-0.2, -0.15) is 0 Å². The van der Waals surface area contributed by atoms with E-state index < -0.39 is 6.10 Å². The van der Waals surface area contributed by atoms with Crippen molar-refractivity contribution < 1.29 is 14.2 Å². The molecule has 1 aromatic rings. The number of benzene rings is 1. The summed E-state index contributed by atoms with van der Waals surface area (Å²) in [5.41, 5.74) is 0.638. The summed E-state index contributed by atoms with van der Waals surface area (Å²) in [6.07, 6.45) is -0.601. The molecule has 1 unspecified atom stereocenters. The van der Waals surface area contributed by atoms with E-state index in [0.29, 0.717) is 29.2 Å². The zero-order valence-electron chi connectivity index (χ0n) is 10.6. The van der Waals surface area contributed by atoms with E-state index in [2.05, 4.69) is 35.1 Å². The van der Waals surface area contributed by atoms with Gasteiger partial charge in [-0.15, -0.1) is 0 Å². The quantitative estimate of drug-likeness (QED) is 0.811. The first kappa shape index (κ1) is 15.4. The van der Waals surface area contributed by atoms with Crippen LogP contribution in [0.4, 0.5) is 10.1 Å². The van der Waals surface area contributed by atoms with Crippen molar-refractivity contribution >= 4 is 21.6 Å². The molecule has 1 aromatic carbocycles. The number of hydrogen-bond acceptors (Lipinski definition) is 3. The zero-order valence-corrected chi connectivity index (χ0v) is 12.2. The molecule has 0 bridgehead atoms. The summed E-state index contributed by atoms with van der Waals surface area (Å²) in [7, 11) is 0. The van der Waals surface area contributed by atoms with E-state index in [1.54, 1.807) is 12.1 Å². The summed E-state index contributed by atoms with van der Waals surface area (Å²) in [4.78, 5) is 0. The summed E-state index contributed by atoms with van der Waals surface area (Å²) >= 11 is 3.08. The van der Waals surface area contributed by atoms with Gasteiger partial charge in [0, 0.05) is 18.8 Å². The molecule has 3 nitrogen and oxygen atoms in total. The van der Waals surface area contributed by atoms with Crippen LogP contribution in [0.3, 0.4) is 0 Å². The highest BCUT2D eigenvalue weighted by Crippen LogP contribution is 2.19. The van der Waals surface area contributed by atoms with Crippen molar-refractivity contribution in [1.29, 1.82) is 0 Å². The molecule has 0 fully saturated rings. The van der Waals surface area contributed by atoms with Crippen molar-refractivity contribution in [3.05, 3.63) is 28.5 Å². The number of halogens is 2. The highest BCUT2D eigenvalue weighted by atomic mass is 79.9. The second kappa shape index (κ2) is 7.71. The van der Waals surface area contributed by atoms with Gasteiger partial charge in [-0.05, 0) is 40.0 Å². The third kappa shape index (κ3) is 5.80. The number of ether oxygens (including phenoxy) is 1. The van der Waals surface area contributed by atoms with Crippen LogP contribution in [0.5, 0.6) is 0 Å². The summed E-state index contributed by atoms with van der Waals surface area (Å²) in [6.45, 7) is 5.35. The van der Waals surface area contributed by atoms with Crippen LogP contribution >= 0.6 is 15.9 Å². The number of nitrogens with one attached hydrogen (secondary N) is 1. The minimum absolute atomic E-state index is 0.282. The van der Waals surface area contributed by atoms with Crippen molar-refractivity contribution in [1.82, 2.24) is 0 Å². The van der Waals surface area contributed by atoms with E-state index in [4.69, 9.17) is 4.74 Å². The van der Waals surface area contributed by atoms with E-state index >= 15 is 0 Å². The van der Waals surface area contributed by atoms with Crippen LogP contribution in [0, 0.1) is 11.7 Å². The molecule has 0 heterocycles. The van der Waals surface area contributed by atoms with Crippen LogP contribution in [0.15, 0.2) is 22.7 Å². The molecule has 0 radical (unpaired) electrons. The van der Waals surface area contributed by atoms with Crippen LogP contribution in [0.1, 0.15) is 13.8 Å². The van der Waals surface area contributed by atoms with Gasteiger partial charge < -0.3 is 15.2 Å². The molecule has 0 aromatic heterocycles. The number of anilines is 1. The second-order valence-electron chi connectivity index (χ2n) is 4.59. The summed E-state index contributed by atoms with van der Waals surface area (Å²) in [5, 5.41) is 12.6. The SMILES string of the molecule is CC(C)COCC(O)CNc1ccc(Br)c(F)c1. The first-order valence-electron chi connectivity index (χ1n) is 5.93. The average molecular weight is 320 g/mol. The molecule has 2 N–H and O–H groups in total. The third-order valence-electron chi connectivity index (χ3n) is 2.22. The van der Waals surface area contributed by atoms with Crippen molar-refractivity contribution in [3.63, 3.8) is 0 Å². The van der Waals surface area contributed by atoms with Crippen molar-refractivity contribution in [3.8, 4) is 0 Å². The maximum atomic E-state index is 13.2. The van der Waals surface area contributed by atoms with Gasteiger partial charge >= 0.3 is 0 Å². The van der Waals surface area contributed by atoms with E-state index in [9.17, 15) is 9.50 Å². The van der Waals surface area contributed by atoms with E-state index in [-0.39, 0.29) is 12.4 Å². The Hall–Kier alpha value is -0.650. The second-order valence-corrected chi connectivity index (χ2v) is 5.45. The largest absolute Gasteiger partial charge is 0.389 e. The van der Waals surface area contributed by atoms with Gasteiger partial charge in [0.1, 0.15) is 5.82 Å². The lowest BCUT2D eigenvalue weighted by Crippen LogP contribution is -2.25. The summed E-state index contributed by atoms with van der Waals surface area (Å²) < 4.78 is 19.0. The molecule has 0 aliphatic rings. The normalized spacial score (nSPS) is 12.8. The van der Waals surface area contributed by atoms with E-state index in [0.717, 1.165) is 0 Å². The monoisotopic (exact) mass is 319 g/mol. The molecular formula is C13H19BrFNO2. The van der Waals surface area contributed by atoms with Gasteiger partial charge in [0.05, 0.1) is 17.2 Å². The number of hydrogen-bond donors (Lipinski definition) is 2. The fourth-order valence-corrected chi connectivity index (χ4v) is 1.59. The van der Waals surface area contributed by atoms with Crippen LogP contribution < -0.4 is 5.32 Å². The van der Waals surface area contributed by atoms with E-state index in [1.807, 2.05) is 0 Å². The molecule has 0 saturated carbocycles. The Bertz CT molecular complexity index is 374. The molecule has 102 valence electrons. The molecule has 0 spiro atoms. The average Bonchev–Trinajstić information content (AvgIpc) is 2.30. The molecule has 0 amide bonds. The molecule has 18 heavy (non-hydrogen) atoms. The number of aliphatic hydroxyl groups is 1. The van der Waals surface area contributed by atoms with Gasteiger partial charge in [-0.3, -0.25) is 0 Å². The first-order valence-corrected chi connectivity index (χ1v) is 6.73. The smallest absolute Gasteiger partial charge is 0.139 e. The van der Waals surface area contributed by atoms with Crippen LogP contribution in [0.2, 0.25) is 0 Å². The fraction of sp³-hybridized carbons (Fsp3) is 0.538. The zero-order chi connectivity index (χ0) is 13.5. The molecule has 0 aliphatic carbocycles. The van der Waals surface area contributed by atoms with E-state index in [1.165, 1.54) is 6.07 Å². The lowest BCUT2D eigenvalue weighted by atomic mass is 10.2. The lowest BCUT2D eigenvalue weighted by Gasteiger charge is -2.14. The Morgan fingerprint density at radius 3 is 2.72 bits per heavy atom. The van der Waals surface area contributed by atoms with Crippen LogP contribution in [-0.4, -0.2) is 31.0 Å². The highest BCUT2D eigenvalue weighted by Gasteiger charge is 2.06. The number of aliphatic hydroxyl groups excluding tert-OH is 1. The third-order valence-corrected chi connectivity index (χ3v) is 2.87. The minimum Gasteiger partial charge on any atom is -0.389 e. The van der Waals surface area contributed by atoms with Crippen molar-refractivity contribution in [2.75, 3.05) is 25.1 Å². The predicted octanol–water partition coefficient (Wildman–Crippen LogP) is 3.03. The van der Waals surface area contributed by atoms with Crippen molar-refractivity contribution in [2.45, 2.75) is 20.0 Å². The fourth-order valence-electron chi connectivity index (χ4n) is 1.34. The Morgan fingerprint density at radius 2 is 2.11 bits per heavy atom. The first-order chi connectivity index (χ1) is 8.49. The number of rotatable bonds is 7.